The molecule has 1 heterocycles. The van der Waals surface area contributed by atoms with Crippen molar-refractivity contribution < 1.29 is 9.18 Å². The van der Waals surface area contributed by atoms with E-state index in [0.29, 0.717) is 15.6 Å². The Morgan fingerprint density at radius 3 is 2.48 bits per heavy atom. The molecule has 1 fully saturated rings. The highest BCUT2D eigenvalue weighted by atomic mass is 35.5. The van der Waals surface area contributed by atoms with E-state index in [4.69, 9.17) is 23.2 Å². The van der Waals surface area contributed by atoms with Crippen LogP contribution in [0.15, 0.2) is 42.5 Å². The normalized spacial score (nSPS) is 16.0. The van der Waals surface area contributed by atoms with Crippen molar-refractivity contribution in [1.82, 2.24) is 10.2 Å². The Kier molecular flexibility index (Phi) is 5.94. The van der Waals surface area contributed by atoms with E-state index in [1.165, 1.54) is 12.1 Å². The van der Waals surface area contributed by atoms with Gasteiger partial charge in [0.1, 0.15) is 5.82 Å². The third kappa shape index (κ3) is 4.94. The van der Waals surface area contributed by atoms with Gasteiger partial charge >= 0.3 is 0 Å². The fourth-order valence-corrected chi connectivity index (χ4v) is 3.39. The predicted octanol–water partition coefficient (Wildman–Crippen LogP) is 4.53. The van der Waals surface area contributed by atoms with E-state index in [0.717, 1.165) is 38.0 Å². The molecule has 1 aliphatic rings. The summed E-state index contributed by atoms with van der Waals surface area (Å²) in [7, 11) is 0. The van der Waals surface area contributed by atoms with Crippen molar-refractivity contribution in [2.45, 2.75) is 25.4 Å². The average molecular weight is 381 g/mol. The number of carbonyl (C=O) groups is 1. The first-order valence-corrected chi connectivity index (χ1v) is 8.99. The summed E-state index contributed by atoms with van der Waals surface area (Å²) in [5.41, 5.74) is 1.50. The highest BCUT2D eigenvalue weighted by Crippen LogP contribution is 2.21. The van der Waals surface area contributed by atoms with Gasteiger partial charge < -0.3 is 5.32 Å². The monoisotopic (exact) mass is 380 g/mol. The first-order chi connectivity index (χ1) is 12.0. The molecule has 0 unspecified atom stereocenters. The molecule has 3 nitrogen and oxygen atoms in total. The summed E-state index contributed by atoms with van der Waals surface area (Å²) in [6.45, 7) is 2.55. The van der Waals surface area contributed by atoms with Crippen LogP contribution in [0.2, 0.25) is 10.0 Å². The number of amides is 1. The van der Waals surface area contributed by atoms with Crippen LogP contribution < -0.4 is 5.32 Å². The lowest BCUT2D eigenvalue weighted by atomic mass is 10.0. The first kappa shape index (κ1) is 18.2. The zero-order chi connectivity index (χ0) is 17.8. The summed E-state index contributed by atoms with van der Waals surface area (Å²) in [6, 6.07) is 11.6. The van der Waals surface area contributed by atoms with Gasteiger partial charge in [-0.25, -0.2) is 4.39 Å². The molecule has 1 aliphatic heterocycles. The van der Waals surface area contributed by atoms with Gasteiger partial charge in [0.15, 0.2) is 0 Å². The van der Waals surface area contributed by atoms with Gasteiger partial charge in [0.05, 0.1) is 10.6 Å². The Labute approximate surface area is 156 Å². The molecule has 6 heteroatoms. The summed E-state index contributed by atoms with van der Waals surface area (Å²) in [6.07, 6.45) is 1.73. The van der Waals surface area contributed by atoms with E-state index in [2.05, 4.69) is 10.2 Å². The second-order valence-electron chi connectivity index (χ2n) is 6.27. The molecule has 1 saturated heterocycles. The van der Waals surface area contributed by atoms with E-state index in [1.807, 2.05) is 12.1 Å². The van der Waals surface area contributed by atoms with Gasteiger partial charge in [-0.3, -0.25) is 9.69 Å². The Morgan fingerprint density at radius 1 is 1.12 bits per heavy atom. The zero-order valence-electron chi connectivity index (χ0n) is 13.6. The minimum Gasteiger partial charge on any atom is -0.349 e. The topological polar surface area (TPSA) is 32.3 Å². The summed E-state index contributed by atoms with van der Waals surface area (Å²) in [5, 5.41) is 3.93. The average Bonchev–Trinajstić information content (AvgIpc) is 2.60. The number of likely N-dealkylation sites (tertiary alicyclic amines) is 1. The summed E-state index contributed by atoms with van der Waals surface area (Å²) in [5.74, 6) is -0.408. The van der Waals surface area contributed by atoms with Crippen LogP contribution >= 0.6 is 23.2 Å². The Morgan fingerprint density at radius 2 is 1.80 bits per heavy atom. The quantitative estimate of drug-likeness (QED) is 0.844. The van der Waals surface area contributed by atoms with Crippen molar-refractivity contribution >= 4 is 29.1 Å². The molecule has 0 saturated carbocycles. The van der Waals surface area contributed by atoms with Crippen molar-refractivity contribution in [3.05, 3.63) is 69.5 Å². The minimum absolute atomic E-state index is 0.118. The molecule has 132 valence electrons. The molecule has 25 heavy (non-hydrogen) atoms. The highest BCUT2D eigenvalue weighted by molar-refractivity contribution is 6.35. The molecule has 1 amide bonds. The second-order valence-corrected chi connectivity index (χ2v) is 7.12. The fourth-order valence-electron chi connectivity index (χ4n) is 3.02. The Bertz CT molecular complexity index is 744. The maximum Gasteiger partial charge on any atom is 0.253 e. The number of hydrogen-bond donors (Lipinski definition) is 1. The number of rotatable bonds is 4. The highest BCUT2D eigenvalue weighted by Gasteiger charge is 2.22. The third-order valence-electron chi connectivity index (χ3n) is 4.42. The van der Waals surface area contributed by atoms with Crippen LogP contribution in [0.25, 0.3) is 0 Å². The Balaban J connectivity index is 1.51. The van der Waals surface area contributed by atoms with Crippen molar-refractivity contribution in [2.24, 2.45) is 0 Å². The van der Waals surface area contributed by atoms with E-state index in [9.17, 15) is 9.18 Å². The predicted molar refractivity (Wildman–Crippen MR) is 98.6 cm³/mol. The number of carbonyl (C=O) groups excluding carboxylic acids is 1. The van der Waals surface area contributed by atoms with E-state index in [1.54, 1.807) is 18.2 Å². The van der Waals surface area contributed by atoms with E-state index >= 15 is 0 Å². The molecule has 3 rings (SSSR count). The Hall–Kier alpha value is -1.62. The smallest absolute Gasteiger partial charge is 0.253 e. The summed E-state index contributed by atoms with van der Waals surface area (Å²) < 4.78 is 13.0. The molecule has 0 atom stereocenters. The number of halogens is 3. The van der Waals surface area contributed by atoms with Crippen molar-refractivity contribution in [3.63, 3.8) is 0 Å². The van der Waals surface area contributed by atoms with Crippen LogP contribution in [0.5, 0.6) is 0 Å². The van der Waals surface area contributed by atoms with Crippen molar-refractivity contribution in [1.29, 1.82) is 0 Å². The molecule has 0 aliphatic carbocycles. The van der Waals surface area contributed by atoms with Gasteiger partial charge in [0.25, 0.3) is 5.91 Å². The molecule has 2 aromatic rings. The van der Waals surface area contributed by atoms with Crippen LogP contribution in [0.1, 0.15) is 28.8 Å². The SMILES string of the molecule is O=C(NC1CCN(Cc2ccc(F)cc2)CC1)c1cc(Cl)ccc1Cl. The number of nitrogens with one attached hydrogen (secondary N) is 1. The molecular weight excluding hydrogens is 362 g/mol. The molecule has 0 spiro atoms. The van der Waals surface area contributed by atoms with Gasteiger partial charge in [-0.1, -0.05) is 35.3 Å². The molecule has 0 radical (unpaired) electrons. The molecular formula is C19H19Cl2FN2O. The third-order valence-corrected chi connectivity index (χ3v) is 4.98. The number of nitrogens with zero attached hydrogens (tertiary/aromatic N) is 1. The second kappa shape index (κ2) is 8.17. The van der Waals surface area contributed by atoms with Crippen molar-refractivity contribution in [3.8, 4) is 0 Å². The van der Waals surface area contributed by atoms with Crippen LogP contribution in [0.3, 0.4) is 0 Å². The molecule has 0 bridgehead atoms. The lowest BCUT2D eigenvalue weighted by molar-refractivity contribution is 0.0909. The maximum atomic E-state index is 13.0. The largest absolute Gasteiger partial charge is 0.349 e. The molecule has 2 aromatic carbocycles. The van der Waals surface area contributed by atoms with Crippen LogP contribution in [-0.4, -0.2) is 29.9 Å². The molecule has 0 aromatic heterocycles. The minimum atomic E-state index is -0.218. The van der Waals surface area contributed by atoms with Crippen LogP contribution in [0, 0.1) is 5.82 Å². The number of benzene rings is 2. The van der Waals surface area contributed by atoms with Gasteiger partial charge in [0.2, 0.25) is 0 Å². The van der Waals surface area contributed by atoms with E-state index in [-0.39, 0.29) is 17.8 Å². The van der Waals surface area contributed by atoms with Crippen LogP contribution in [0.4, 0.5) is 4.39 Å². The van der Waals surface area contributed by atoms with E-state index < -0.39 is 0 Å². The van der Waals surface area contributed by atoms with Crippen LogP contribution in [-0.2, 0) is 6.54 Å². The number of piperidine rings is 1. The van der Waals surface area contributed by atoms with Crippen molar-refractivity contribution in [2.75, 3.05) is 13.1 Å². The lowest BCUT2D eigenvalue weighted by Gasteiger charge is -2.32. The van der Waals surface area contributed by atoms with Gasteiger partial charge in [-0.2, -0.15) is 0 Å². The maximum absolute atomic E-state index is 13.0. The summed E-state index contributed by atoms with van der Waals surface area (Å²) >= 11 is 12.0. The standard InChI is InChI=1S/C19H19Cl2FN2O/c20-14-3-6-18(21)17(11-14)19(25)23-16-7-9-24(10-8-16)12-13-1-4-15(22)5-2-13/h1-6,11,16H,7-10,12H2,(H,23,25). The van der Waals surface area contributed by atoms with Gasteiger partial charge in [0, 0.05) is 30.7 Å². The zero-order valence-corrected chi connectivity index (χ0v) is 15.2. The lowest BCUT2D eigenvalue weighted by Crippen LogP contribution is -2.44. The summed E-state index contributed by atoms with van der Waals surface area (Å²) in [4.78, 5) is 14.7. The van der Waals surface area contributed by atoms with Gasteiger partial charge in [-0.15, -0.1) is 0 Å². The van der Waals surface area contributed by atoms with Gasteiger partial charge in [-0.05, 0) is 48.7 Å². The first-order valence-electron chi connectivity index (χ1n) is 8.24. The number of hydrogen-bond acceptors (Lipinski definition) is 2. The molecule has 1 N–H and O–H groups in total. The fraction of sp³-hybridized carbons (Fsp3) is 0.316.